The molecule has 1 heterocycles. The van der Waals surface area contributed by atoms with Gasteiger partial charge in [0.05, 0.1) is 18.4 Å². The molecule has 96 valence electrons. The Labute approximate surface area is 111 Å². The van der Waals surface area contributed by atoms with Crippen molar-refractivity contribution in [1.29, 1.82) is 0 Å². The maximum atomic E-state index is 13.4. The number of phenolic OH excluding ortho intramolecular Hbond substituents is 1. The molecule has 18 heavy (non-hydrogen) atoms. The second kappa shape index (κ2) is 4.49. The number of benzene rings is 1. The molecular formula is C11H11BrFN3O2. The number of aryl methyl sites for hydroxylation is 1. The van der Waals surface area contributed by atoms with E-state index in [4.69, 9.17) is 10.5 Å². The molecule has 1 aromatic heterocycles. The van der Waals surface area contributed by atoms with Crippen molar-refractivity contribution < 1.29 is 14.2 Å². The quantitative estimate of drug-likeness (QED) is 0.891. The number of nitrogens with zero attached hydrogens (tertiary/aromatic N) is 2. The Hall–Kier alpha value is -1.76. The maximum Gasteiger partial charge on any atom is 0.195 e. The predicted octanol–water partition coefficient (Wildman–Crippen LogP) is 2.29. The van der Waals surface area contributed by atoms with E-state index in [9.17, 15) is 9.50 Å². The molecule has 3 N–H and O–H groups in total. The summed E-state index contributed by atoms with van der Waals surface area (Å²) in [6, 6.07) is 2.76. The number of halogens is 2. The fourth-order valence-electron chi connectivity index (χ4n) is 1.63. The minimum atomic E-state index is -0.772. The molecule has 0 amide bonds. The molecule has 7 heteroatoms. The molecule has 1 aromatic carbocycles. The first-order valence-corrected chi connectivity index (χ1v) is 5.79. The molecule has 0 aliphatic rings. The van der Waals surface area contributed by atoms with Crippen LogP contribution >= 0.6 is 15.9 Å². The Morgan fingerprint density at radius 1 is 1.50 bits per heavy atom. The largest absolute Gasteiger partial charge is 0.502 e. The Morgan fingerprint density at radius 2 is 2.17 bits per heavy atom. The van der Waals surface area contributed by atoms with Crippen molar-refractivity contribution >= 4 is 21.7 Å². The van der Waals surface area contributed by atoms with Crippen LogP contribution in [0.15, 0.2) is 16.6 Å². The third-order valence-corrected chi connectivity index (χ3v) is 3.16. The van der Waals surface area contributed by atoms with Gasteiger partial charge in [0.15, 0.2) is 17.3 Å². The zero-order valence-electron chi connectivity index (χ0n) is 9.74. The van der Waals surface area contributed by atoms with E-state index in [2.05, 4.69) is 21.0 Å². The third-order valence-electron chi connectivity index (χ3n) is 2.54. The summed E-state index contributed by atoms with van der Waals surface area (Å²) in [5, 5.41) is 13.8. The van der Waals surface area contributed by atoms with Crippen LogP contribution in [0.25, 0.3) is 11.3 Å². The van der Waals surface area contributed by atoms with Gasteiger partial charge in [0.25, 0.3) is 0 Å². The normalized spacial score (nSPS) is 10.7. The van der Waals surface area contributed by atoms with Gasteiger partial charge in [-0.1, -0.05) is 0 Å². The highest BCUT2D eigenvalue weighted by Crippen LogP contribution is 2.43. The second-order valence-corrected chi connectivity index (χ2v) is 4.53. The summed E-state index contributed by atoms with van der Waals surface area (Å²) in [4.78, 5) is 0. The molecule has 0 saturated carbocycles. The van der Waals surface area contributed by atoms with Crippen molar-refractivity contribution in [2.24, 2.45) is 7.05 Å². The maximum absolute atomic E-state index is 13.4. The van der Waals surface area contributed by atoms with E-state index in [-0.39, 0.29) is 5.75 Å². The lowest BCUT2D eigenvalue weighted by Gasteiger charge is -2.11. The van der Waals surface area contributed by atoms with Gasteiger partial charge in [-0.25, -0.2) is 4.39 Å². The van der Waals surface area contributed by atoms with Gasteiger partial charge in [-0.05, 0) is 22.0 Å². The summed E-state index contributed by atoms with van der Waals surface area (Å²) >= 11 is 3.22. The average molecular weight is 316 g/mol. The average Bonchev–Trinajstić information content (AvgIpc) is 2.63. The van der Waals surface area contributed by atoms with Crippen LogP contribution in [-0.2, 0) is 7.05 Å². The van der Waals surface area contributed by atoms with Gasteiger partial charge >= 0.3 is 0 Å². The van der Waals surface area contributed by atoms with Crippen molar-refractivity contribution in [2.45, 2.75) is 0 Å². The van der Waals surface area contributed by atoms with Crippen LogP contribution in [0.3, 0.4) is 0 Å². The summed E-state index contributed by atoms with van der Waals surface area (Å²) < 4.78 is 20.3. The van der Waals surface area contributed by atoms with Crippen LogP contribution in [0.2, 0.25) is 0 Å². The minimum Gasteiger partial charge on any atom is -0.502 e. The Morgan fingerprint density at radius 3 is 2.67 bits per heavy atom. The molecule has 0 saturated heterocycles. The Balaban J connectivity index is 2.74. The second-order valence-electron chi connectivity index (χ2n) is 3.68. The van der Waals surface area contributed by atoms with Crippen LogP contribution in [0.5, 0.6) is 11.5 Å². The molecule has 0 aliphatic heterocycles. The van der Waals surface area contributed by atoms with E-state index in [0.29, 0.717) is 21.5 Å². The van der Waals surface area contributed by atoms with E-state index < -0.39 is 11.6 Å². The minimum absolute atomic E-state index is 0.0139. The van der Waals surface area contributed by atoms with E-state index in [1.807, 2.05) is 0 Å². The number of nitrogen functional groups attached to an aromatic ring is 1. The van der Waals surface area contributed by atoms with Crippen LogP contribution in [0.1, 0.15) is 0 Å². The van der Waals surface area contributed by atoms with Gasteiger partial charge in [0, 0.05) is 17.6 Å². The first-order valence-electron chi connectivity index (χ1n) is 5.00. The standard InChI is InChI=1S/C11H11BrFN3O2/c1-16-8(14)4-7(15-16)9-5(12)3-6(13)10(17)11(9)18-2/h3-4,17H,14H2,1-2H3. The number of aromatic nitrogens is 2. The molecule has 0 spiro atoms. The van der Waals surface area contributed by atoms with Gasteiger partial charge in [-0.15, -0.1) is 0 Å². The summed E-state index contributed by atoms with van der Waals surface area (Å²) in [6.45, 7) is 0. The van der Waals surface area contributed by atoms with Crippen molar-refractivity contribution in [3.63, 3.8) is 0 Å². The summed E-state index contributed by atoms with van der Waals surface area (Å²) in [5.41, 5.74) is 6.62. The number of phenols is 1. The number of aromatic hydroxyl groups is 1. The molecule has 2 rings (SSSR count). The number of nitrogens with two attached hydrogens (primary N) is 1. The van der Waals surface area contributed by atoms with E-state index in [1.165, 1.54) is 11.8 Å². The molecule has 0 bridgehead atoms. The number of methoxy groups -OCH3 is 1. The number of hydrogen-bond acceptors (Lipinski definition) is 4. The lowest BCUT2D eigenvalue weighted by molar-refractivity contribution is 0.358. The molecule has 0 unspecified atom stereocenters. The first kappa shape index (κ1) is 12.7. The Kier molecular flexibility index (Phi) is 3.16. The monoisotopic (exact) mass is 315 g/mol. The molecule has 0 aliphatic carbocycles. The van der Waals surface area contributed by atoms with Crippen molar-refractivity contribution in [2.75, 3.05) is 12.8 Å². The van der Waals surface area contributed by atoms with Gasteiger partial charge in [-0.3, -0.25) is 4.68 Å². The van der Waals surface area contributed by atoms with Gasteiger partial charge in [-0.2, -0.15) is 5.10 Å². The third kappa shape index (κ3) is 1.90. The van der Waals surface area contributed by atoms with E-state index in [1.54, 1.807) is 13.1 Å². The van der Waals surface area contributed by atoms with Crippen LogP contribution in [0.4, 0.5) is 10.2 Å². The highest BCUT2D eigenvalue weighted by atomic mass is 79.9. The number of ether oxygens (including phenoxy) is 1. The topological polar surface area (TPSA) is 73.3 Å². The summed E-state index contributed by atoms with van der Waals surface area (Å²) in [6.07, 6.45) is 0. The summed E-state index contributed by atoms with van der Waals surface area (Å²) in [7, 11) is 3.03. The first-order chi connectivity index (χ1) is 8.45. The molecule has 0 fully saturated rings. The Bertz CT molecular complexity index is 593. The van der Waals surface area contributed by atoms with E-state index in [0.717, 1.165) is 6.07 Å². The number of anilines is 1. The molecule has 2 aromatic rings. The SMILES string of the molecule is COc1c(O)c(F)cc(Br)c1-c1cc(N)n(C)n1. The highest BCUT2D eigenvalue weighted by molar-refractivity contribution is 9.10. The lowest BCUT2D eigenvalue weighted by Crippen LogP contribution is -1.97. The molecular weight excluding hydrogens is 305 g/mol. The number of rotatable bonds is 2. The van der Waals surface area contributed by atoms with Gasteiger partial charge in [0.2, 0.25) is 0 Å². The van der Waals surface area contributed by atoms with Crippen LogP contribution < -0.4 is 10.5 Å². The van der Waals surface area contributed by atoms with Crippen molar-refractivity contribution in [3.8, 4) is 22.8 Å². The zero-order valence-corrected chi connectivity index (χ0v) is 11.3. The molecule has 5 nitrogen and oxygen atoms in total. The molecule has 0 atom stereocenters. The smallest absolute Gasteiger partial charge is 0.195 e. The lowest BCUT2D eigenvalue weighted by atomic mass is 10.1. The number of hydrogen-bond donors (Lipinski definition) is 2. The van der Waals surface area contributed by atoms with Crippen molar-refractivity contribution in [3.05, 3.63) is 22.4 Å². The van der Waals surface area contributed by atoms with Crippen molar-refractivity contribution in [1.82, 2.24) is 9.78 Å². The fourth-order valence-corrected chi connectivity index (χ4v) is 2.21. The summed E-state index contributed by atoms with van der Waals surface area (Å²) in [5.74, 6) is -0.867. The van der Waals surface area contributed by atoms with Gasteiger partial charge < -0.3 is 15.6 Å². The van der Waals surface area contributed by atoms with Crippen LogP contribution in [-0.4, -0.2) is 22.0 Å². The zero-order chi connectivity index (χ0) is 13.4. The highest BCUT2D eigenvalue weighted by Gasteiger charge is 2.21. The van der Waals surface area contributed by atoms with Gasteiger partial charge in [0.1, 0.15) is 5.82 Å². The fraction of sp³-hybridized carbons (Fsp3) is 0.182. The molecule has 0 radical (unpaired) electrons. The van der Waals surface area contributed by atoms with Crippen LogP contribution in [0, 0.1) is 5.82 Å². The predicted molar refractivity (Wildman–Crippen MR) is 68.9 cm³/mol. The van der Waals surface area contributed by atoms with E-state index >= 15 is 0 Å².